The Morgan fingerprint density at radius 2 is 0.429 bits per heavy atom. The Bertz CT molecular complexity index is 348. The van der Waals surface area contributed by atoms with E-state index in [4.69, 9.17) is 33.2 Å². The topological polar surface area (TPSA) is 64.6 Å². The predicted octanol–water partition coefficient (Wildman–Crippen LogP) is 9.29. The van der Waals surface area contributed by atoms with E-state index in [-0.39, 0.29) is 0 Å². The quantitative estimate of drug-likeness (QED) is 0.208. The minimum absolute atomic E-state index is 0.844. The SMILES string of the molecule is CCOCC.CCOCC.CCOCC.CCOCC.CCOCC.CCOCC.CCOCC.Cc1ccccc1. The average Bonchev–Trinajstić information content (AvgIpc) is 2.99. The third-order valence-corrected chi connectivity index (χ3v) is 3.80. The van der Waals surface area contributed by atoms with E-state index < -0.39 is 0 Å². The Kier molecular flexibility index (Phi) is 105. The highest BCUT2D eigenvalue weighted by Crippen LogP contribution is 1.92. The van der Waals surface area contributed by atoms with E-state index in [9.17, 15) is 0 Å². The molecular formula is C35H78O7. The van der Waals surface area contributed by atoms with Crippen LogP contribution in [0.5, 0.6) is 0 Å². The molecule has 0 saturated carbocycles. The molecule has 1 rings (SSSR count). The molecule has 0 fully saturated rings. The summed E-state index contributed by atoms with van der Waals surface area (Å²) >= 11 is 0. The van der Waals surface area contributed by atoms with Crippen molar-refractivity contribution in [3.05, 3.63) is 35.9 Å². The molecule has 1 aromatic carbocycles. The van der Waals surface area contributed by atoms with Crippen LogP contribution in [0.25, 0.3) is 0 Å². The Hall–Kier alpha value is -1.06. The van der Waals surface area contributed by atoms with Gasteiger partial charge in [-0.25, -0.2) is 0 Å². The van der Waals surface area contributed by atoms with Gasteiger partial charge in [0, 0.05) is 92.5 Å². The number of benzene rings is 1. The monoisotopic (exact) mass is 611 g/mol. The lowest BCUT2D eigenvalue weighted by atomic mass is 10.2. The fourth-order valence-electron chi connectivity index (χ4n) is 1.96. The molecule has 1 aromatic rings. The van der Waals surface area contributed by atoms with Crippen molar-refractivity contribution >= 4 is 0 Å². The molecule has 0 bridgehead atoms. The van der Waals surface area contributed by atoms with E-state index in [1.54, 1.807) is 0 Å². The maximum absolute atomic E-state index is 4.83. The second-order valence-corrected chi connectivity index (χ2v) is 7.13. The highest BCUT2D eigenvalue weighted by Gasteiger charge is 1.72. The van der Waals surface area contributed by atoms with Gasteiger partial charge in [0.2, 0.25) is 0 Å². The van der Waals surface area contributed by atoms with Crippen LogP contribution in [-0.2, 0) is 33.2 Å². The second kappa shape index (κ2) is 77.6. The van der Waals surface area contributed by atoms with Gasteiger partial charge in [-0.05, 0) is 104 Å². The first-order valence-corrected chi connectivity index (χ1v) is 16.4. The standard InChI is InChI=1S/C7H8.7C4H10O/c1-7-5-3-2-4-6-7;7*1-3-5-4-2/h2-6H,1H3;7*3-4H2,1-2H3. The van der Waals surface area contributed by atoms with E-state index in [1.165, 1.54) is 5.56 Å². The van der Waals surface area contributed by atoms with Crippen molar-refractivity contribution in [2.45, 2.75) is 104 Å². The van der Waals surface area contributed by atoms with Gasteiger partial charge in [-0.1, -0.05) is 35.9 Å². The first-order chi connectivity index (χ1) is 20.3. The van der Waals surface area contributed by atoms with Crippen LogP contribution in [-0.4, -0.2) is 92.5 Å². The summed E-state index contributed by atoms with van der Waals surface area (Å²) in [7, 11) is 0. The lowest BCUT2D eigenvalue weighted by Crippen LogP contribution is -1.84. The number of hydrogen-bond donors (Lipinski definition) is 0. The molecule has 0 unspecified atom stereocenters. The molecule has 7 heteroatoms. The summed E-state index contributed by atoms with van der Waals surface area (Å²) < 4.78 is 33.8. The maximum atomic E-state index is 4.83. The molecule has 0 radical (unpaired) electrons. The van der Waals surface area contributed by atoms with Crippen molar-refractivity contribution in [2.75, 3.05) is 92.5 Å². The molecule has 0 heterocycles. The lowest BCUT2D eigenvalue weighted by Gasteiger charge is -1.86. The summed E-state index contributed by atoms with van der Waals surface area (Å²) in [6.45, 7) is 41.8. The van der Waals surface area contributed by atoms with Crippen molar-refractivity contribution < 1.29 is 33.2 Å². The van der Waals surface area contributed by atoms with E-state index in [0.717, 1.165) is 92.5 Å². The molecule has 0 aliphatic carbocycles. The van der Waals surface area contributed by atoms with E-state index in [2.05, 4.69) is 19.1 Å². The summed E-state index contributed by atoms with van der Waals surface area (Å²) in [6.07, 6.45) is 0. The molecule has 0 atom stereocenters. The minimum atomic E-state index is 0.844. The van der Waals surface area contributed by atoms with E-state index in [1.807, 2.05) is 115 Å². The van der Waals surface area contributed by atoms with Crippen molar-refractivity contribution in [2.24, 2.45) is 0 Å². The van der Waals surface area contributed by atoms with Gasteiger partial charge in [-0.3, -0.25) is 0 Å². The van der Waals surface area contributed by atoms with Gasteiger partial charge in [0.25, 0.3) is 0 Å². The van der Waals surface area contributed by atoms with Gasteiger partial charge in [0.1, 0.15) is 0 Å². The van der Waals surface area contributed by atoms with Crippen LogP contribution in [0.4, 0.5) is 0 Å². The zero-order chi connectivity index (χ0) is 34.0. The van der Waals surface area contributed by atoms with Gasteiger partial charge >= 0.3 is 0 Å². The molecule has 0 aromatic heterocycles. The zero-order valence-corrected chi connectivity index (χ0v) is 31.1. The molecule has 7 nitrogen and oxygen atoms in total. The Morgan fingerprint density at radius 1 is 0.286 bits per heavy atom. The lowest BCUT2D eigenvalue weighted by molar-refractivity contribution is 0.162. The van der Waals surface area contributed by atoms with Crippen LogP contribution in [0.3, 0.4) is 0 Å². The number of ether oxygens (including phenoxy) is 7. The van der Waals surface area contributed by atoms with Gasteiger partial charge in [-0.2, -0.15) is 0 Å². The van der Waals surface area contributed by atoms with Crippen LogP contribution in [0.15, 0.2) is 30.3 Å². The number of aryl methyl sites for hydroxylation is 1. The third-order valence-electron chi connectivity index (χ3n) is 3.80. The molecule has 260 valence electrons. The number of hydrogen-bond acceptors (Lipinski definition) is 7. The number of rotatable bonds is 14. The van der Waals surface area contributed by atoms with Crippen LogP contribution in [0.2, 0.25) is 0 Å². The Morgan fingerprint density at radius 3 is 0.476 bits per heavy atom. The van der Waals surface area contributed by atoms with Crippen molar-refractivity contribution in [3.8, 4) is 0 Å². The van der Waals surface area contributed by atoms with E-state index in [0.29, 0.717) is 0 Å². The first kappa shape index (κ1) is 56.7. The highest BCUT2D eigenvalue weighted by atomic mass is 16.5. The highest BCUT2D eigenvalue weighted by molar-refractivity contribution is 5.11. The molecule has 0 aliphatic heterocycles. The molecule has 42 heavy (non-hydrogen) atoms. The van der Waals surface area contributed by atoms with Crippen molar-refractivity contribution in [1.29, 1.82) is 0 Å². The first-order valence-electron chi connectivity index (χ1n) is 16.4. The predicted molar refractivity (Wildman–Crippen MR) is 186 cm³/mol. The molecule has 0 aliphatic rings. The van der Waals surface area contributed by atoms with Gasteiger partial charge in [-0.15, -0.1) is 0 Å². The summed E-state index contributed by atoms with van der Waals surface area (Å²) in [6, 6.07) is 10.3. The van der Waals surface area contributed by atoms with Crippen LogP contribution >= 0.6 is 0 Å². The van der Waals surface area contributed by atoms with Crippen LogP contribution in [0, 0.1) is 6.92 Å². The van der Waals surface area contributed by atoms with Crippen molar-refractivity contribution in [3.63, 3.8) is 0 Å². The molecular weight excluding hydrogens is 532 g/mol. The average molecular weight is 611 g/mol. The normalized spacial score (nSPS) is 8.45. The Balaban J connectivity index is -0.0000000670. The smallest absolute Gasteiger partial charge is 0.0437 e. The van der Waals surface area contributed by atoms with Crippen LogP contribution in [0.1, 0.15) is 102 Å². The molecule has 0 amide bonds. The summed E-state index contributed by atoms with van der Waals surface area (Å²) in [5.74, 6) is 0. The van der Waals surface area contributed by atoms with Crippen LogP contribution < -0.4 is 0 Å². The van der Waals surface area contributed by atoms with E-state index >= 15 is 0 Å². The third kappa shape index (κ3) is 128. The molecule has 0 saturated heterocycles. The zero-order valence-electron chi connectivity index (χ0n) is 31.1. The molecule has 0 N–H and O–H groups in total. The fourth-order valence-corrected chi connectivity index (χ4v) is 1.96. The van der Waals surface area contributed by atoms with Gasteiger partial charge in [0.05, 0.1) is 0 Å². The minimum Gasteiger partial charge on any atom is -0.382 e. The van der Waals surface area contributed by atoms with Crippen molar-refractivity contribution in [1.82, 2.24) is 0 Å². The van der Waals surface area contributed by atoms with Gasteiger partial charge < -0.3 is 33.2 Å². The largest absolute Gasteiger partial charge is 0.382 e. The fraction of sp³-hybridized carbons (Fsp3) is 0.829. The summed E-state index contributed by atoms with van der Waals surface area (Å²) in [4.78, 5) is 0. The maximum Gasteiger partial charge on any atom is 0.0437 e. The van der Waals surface area contributed by atoms with Gasteiger partial charge in [0.15, 0.2) is 0 Å². The summed E-state index contributed by atoms with van der Waals surface area (Å²) in [5.41, 5.74) is 1.32. The molecule has 0 spiro atoms. The summed E-state index contributed by atoms with van der Waals surface area (Å²) in [5, 5.41) is 0. The Labute approximate surface area is 265 Å². The second-order valence-electron chi connectivity index (χ2n) is 7.13.